The first-order valence-corrected chi connectivity index (χ1v) is 14.6. The van der Waals surface area contributed by atoms with Crippen LogP contribution >= 0.6 is 0 Å². The Balaban J connectivity index is 1.53. The number of aromatic nitrogens is 1. The van der Waals surface area contributed by atoms with Crippen molar-refractivity contribution < 1.29 is 16.1 Å². The number of hydrogen-bond acceptors (Lipinski definition) is 2. The van der Waals surface area contributed by atoms with Gasteiger partial charge in [0.2, 0.25) is 5.69 Å². The molecule has 0 bridgehead atoms. The average molecular weight is 568 g/mol. The molecular formula is C39H34FN2O+. The summed E-state index contributed by atoms with van der Waals surface area (Å²) >= 11 is 0. The highest BCUT2D eigenvalue weighted by atomic mass is 19.1. The topological polar surface area (TPSA) is 40.8 Å². The van der Waals surface area contributed by atoms with Gasteiger partial charge in [-0.05, 0) is 63.9 Å². The lowest BCUT2D eigenvalue weighted by Crippen LogP contribution is -2.34. The van der Waals surface area contributed by atoms with Crippen molar-refractivity contribution in [3.05, 3.63) is 113 Å². The lowest BCUT2D eigenvalue weighted by atomic mass is 9.81. The first-order valence-electron chi connectivity index (χ1n) is 15.6. The average Bonchev–Trinajstić information content (AvgIpc) is 3.48. The number of pyridine rings is 1. The highest BCUT2D eigenvalue weighted by Crippen LogP contribution is 2.50. The molecule has 4 heteroatoms. The van der Waals surface area contributed by atoms with Crippen LogP contribution in [0.4, 0.5) is 4.39 Å². The molecule has 0 aliphatic heterocycles. The van der Waals surface area contributed by atoms with Gasteiger partial charge in [-0.15, -0.1) is 0 Å². The van der Waals surface area contributed by atoms with Crippen molar-refractivity contribution in [2.75, 3.05) is 0 Å². The molecule has 1 aliphatic carbocycles. The van der Waals surface area contributed by atoms with E-state index in [-0.39, 0.29) is 28.9 Å². The molecule has 2 heterocycles. The van der Waals surface area contributed by atoms with E-state index in [0.29, 0.717) is 27.9 Å². The molecule has 0 saturated carbocycles. The number of rotatable bonds is 2. The summed E-state index contributed by atoms with van der Waals surface area (Å²) in [5.74, 6) is -0.692. The summed E-state index contributed by atoms with van der Waals surface area (Å²) in [5.41, 5.74) is 9.03. The lowest BCUT2D eigenvalue weighted by Gasteiger charge is -2.22. The molecule has 0 N–H and O–H groups in total. The number of halogens is 1. The Bertz CT molecular complexity index is 2270. The second kappa shape index (κ2) is 9.12. The second-order valence-electron chi connectivity index (χ2n) is 13.2. The molecule has 0 spiro atoms. The zero-order chi connectivity index (χ0) is 32.2. The van der Waals surface area contributed by atoms with Crippen LogP contribution in [-0.2, 0) is 17.9 Å². The van der Waals surface area contributed by atoms with E-state index < -0.39 is 11.2 Å². The van der Waals surface area contributed by atoms with E-state index in [0.717, 1.165) is 21.9 Å². The van der Waals surface area contributed by atoms with E-state index in [9.17, 15) is 5.26 Å². The standard InChI is InChI=1S/C39H34FN2O/c1-22-12-15-27-28-17-14-24(20-41)35(23-13-16-26-25-10-8-9-11-29(25)39(5,6)30(26)18-23)37(28)43-36(27)34(22)33-19-32(40)31(21-42(33)7)38(2,3)4/h8-19,21H,1-7H3/q+1/i19D,21D. The SMILES string of the molecule is [2H]c1c(F)c(C(C)(C)C)c([2H])[n+](C)c1-c1c(C)ccc2c1oc1c(-c3ccc4c(c3)C(C)(C)c3ccccc3-4)c(C#N)ccc12. The van der Waals surface area contributed by atoms with Gasteiger partial charge in [0, 0.05) is 27.8 Å². The third-order valence-corrected chi connectivity index (χ3v) is 9.06. The first kappa shape index (κ1) is 24.8. The Labute approximate surface area is 254 Å². The fraction of sp³-hybridized carbons (Fsp3) is 0.231. The maximum atomic E-state index is 15.9. The predicted molar refractivity (Wildman–Crippen MR) is 171 cm³/mol. The molecule has 43 heavy (non-hydrogen) atoms. The highest BCUT2D eigenvalue weighted by Gasteiger charge is 2.36. The molecule has 3 nitrogen and oxygen atoms in total. The molecule has 212 valence electrons. The highest BCUT2D eigenvalue weighted by molar-refractivity contribution is 6.14. The Morgan fingerprint density at radius 2 is 1.58 bits per heavy atom. The van der Waals surface area contributed by atoms with E-state index in [1.54, 1.807) is 11.6 Å². The normalized spacial score (nSPS) is 14.4. The van der Waals surface area contributed by atoms with Crippen molar-refractivity contribution >= 4 is 21.9 Å². The van der Waals surface area contributed by atoms with Gasteiger partial charge >= 0.3 is 0 Å². The zero-order valence-electron chi connectivity index (χ0n) is 27.5. The fourth-order valence-electron chi connectivity index (χ4n) is 6.79. The van der Waals surface area contributed by atoms with Crippen molar-refractivity contribution in [2.24, 2.45) is 7.05 Å². The molecule has 4 aromatic carbocycles. The van der Waals surface area contributed by atoms with E-state index in [1.165, 1.54) is 22.3 Å². The molecule has 1 aliphatic rings. The number of nitriles is 1. The molecule has 0 atom stereocenters. The molecule has 7 rings (SSSR count). The van der Waals surface area contributed by atoms with Crippen molar-refractivity contribution in [3.8, 4) is 39.6 Å². The van der Waals surface area contributed by atoms with Crippen LogP contribution in [0.2, 0.25) is 0 Å². The fourth-order valence-corrected chi connectivity index (χ4v) is 6.79. The monoisotopic (exact) mass is 567 g/mol. The van der Waals surface area contributed by atoms with Gasteiger partial charge in [0.05, 0.1) is 24.1 Å². The van der Waals surface area contributed by atoms with Crippen molar-refractivity contribution in [1.29, 1.82) is 5.26 Å². The van der Waals surface area contributed by atoms with Gasteiger partial charge in [0.15, 0.2) is 6.17 Å². The van der Waals surface area contributed by atoms with Gasteiger partial charge in [-0.1, -0.05) is 83.1 Å². The summed E-state index contributed by atoms with van der Waals surface area (Å²) in [5, 5.41) is 11.9. The summed E-state index contributed by atoms with van der Waals surface area (Å²) in [6, 6.07) is 24.6. The van der Waals surface area contributed by atoms with E-state index in [1.807, 2.05) is 52.0 Å². The molecule has 0 radical (unpaired) electrons. The van der Waals surface area contributed by atoms with Crippen LogP contribution in [0.5, 0.6) is 0 Å². The largest absolute Gasteiger partial charge is 0.454 e. The van der Waals surface area contributed by atoms with Crippen LogP contribution in [0.3, 0.4) is 0 Å². The van der Waals surface area contributed by atoms with Gasteiger partial charge in [-0.2, -0.15) is 5.26 Å². The van der Waals surface area contributed by atoms with Crippen LogP contribution < -0.4 is 4.57 Å². The zero-order valence-corrected chi connectivity index (χ0v) is 25.5. The number of benzene rings is 4. The maximum absolute atomic E-state index is 15.9. The molecule has 0 amide bonds. The minimum atomic E-state index is -0.692. The van der Waals surface area contributed by atoms with Crippen LogP contribution in [-0.4, -0.2) is 0 Å². The molecule has 6 aromatic rings. The molecule has 0 unspecified atom stereocenters. The smallest absolute Gasteiger partial charge is 0.219 e. The van der Waals surface area contributed by atoms with Crippen LogP contribution in [0.1, 0.15) is 65.2 Å². The number of hydrogen-bond donors (Lipinski definition) is 0. The van der Waals surface area contributed by atoms with Crippen LogP contribution in [0.15, 0.2) is 83.4 Å². The summed E-state index contributed by atoms with van der Waals surface area (Å²) in [4.78, 5) is 0. The third kappa shape index (κ3) is 3.88. The van der Waals surface area contributed by atoms with Crippen LogP contribution in [0.25, 0.3) is 55.4 Å². The van der Waals surface area contributed by atoms with E-state index in [4.69, 9.17) is 7.16 Å². The summed E-state index contributed by atoms with van der Waals surface area (Å²) < 4.78 is 42.0. The number of fused-ring (bicyclic) bond motifs is 6. The molecule has 0 fully saturated rings. The number of nitrogens with zero attached hydrogens (tertiary/aromatic N) is 2. The molecule has 2 aromatic heterocycles. The molecule has 0 saturated heterocycles. The molecular weight excluding hydrogens is 531 g/mol. The third-order valence-electron chi connectivity index (χ3n) is 9.06. The van der Waals surface area contributed by atoms with E-state index >= 15 is 4.39 Å². The first-order chi connectivity index (χ1) is 21.3. The van der Waals surface area contributed by atoms with Crippen LogP contribution in [0, 0.1) is 24.1 Å². The number of furan rings is 1. The summed E-state index contributed by atoms with van der Waals surface area (Å²) in [7, 11) is 1.70. The van der Waals surface area contributed by atoms with Gasteiger partial charge in [0.25, 0.3) is 0 Å². The summed E-state index contributed by atoms with van der Waals surface area (Å²) in [6.45, 7) is 11.9. The van der Waals surface area contributed by atoms with Crippen molar-refractivity contribution in [1.82, 2.24) is 0 Å². The Kier molecular flexibility index (Phi) is 5.26. The number of aryl methyl sites for hydroxylation is 1. The Hall–Kier alpha value is -4.75. The minimum absolute atomic E-state index is 0.0210. The predicted octanol–water partition coefficient (Wildman–Crippen LogP) is 9.67. The van der Waals surface area contributed by atoms with Gasteiger partial charge in [-0.3, -0.25) is 0 Å². The quantitative estimate of drug-likeness (QED) is 0.195. The lowest BCUT2D eigenvalue weighted by molar-refractivity contribution is -0.661. The minimum Gasteiger partial charge on any atom is -0.454 e. The van der Waals surface area contributed by atoms with Gasteiger partial charge < -0.3 is 4.42 Å². The Morgan fingerprint density at radius 1 is 0.907 bits per heavy atom. The van der Waals surface area contributed by atoms with E-state index in [2.05, 4.69) is 62.4 Å². The van der Waals surface area contributed by atoms with Crippen molar-refractivity contribution in [3.63, 3.8) is 0 Å². The van der Waals surface area contributed by atoms with Gasteiger partial charge in [-0.25, -0.2) is 8.96 Å². The van der Waals surface area contributed by atoms with Gasteiger partial charge in [0.1, 0.15) is 25.4 Å². The summed E-state index contributed by atoms with van der Waals surface area (Å²) in [6.07, 6.45) is 0.0210. The second-order valence-corrected chi connectivity index (χ2v) is 13.2. The maximum Gasteiger partial charge on any atom is 0.219 e. The Morgan fingerprint density at radius 3 is 2.30 bits per heavy atom. The van der Waals surface area contributed by atoms with Crippen molar-refractivity contribution in [2.45, 2.75) is 52.4 Å².